The van der Waals surface area contributed by atoms with E-state index >= 15 is 0 Å². The van der Waals surface area contributed by atoms with Gasteiger partial charge in [-0.3, -0.25) is 5.32 Å². The average molecular weight is 237 g/mol. The number of aryl methyl sites for hydroxylation is 2. The minimum atomic E-state index is -0.114. The molecule has 96 valence electrons. The van der Waals surface area contributed by atoms with Crippen molar-refractivity contribution in [3.8, 4) is 5.75 Å². The fourth-order valence-electron chi connectivity index (χ4n) is 1.80. The van der Waals surface area contributed by atoms with E-state index < -0.39 is 0 Å². The fraction of sp³-hybridized carbons (Fsp3) is 0.571. The van der Waals surface area contributed by atoms with Crippen molar-refractivity contribution in [3.63, 3.8) is 0 Å². The molecule has 3 nitrogen and oxygen atoms in total. The van der Waals surface area contributed by atoms with Crippen LogP contribution in [0, 0.1) is 20.8 Å². The molecule has 0 aromatic heterocycles. The lowest BCUT2D eigenvalue weighted by atomic mass is 10.1. The quantitative estimate of drug-likeness (QED) is 0.772. The zero-order valence-electron chi connectivity index (χ0n) is 11.4. The molecule has 0 spiro atoms. The van der Waals surface area contributed by atoms with Crippen molar-refractivity contribution in [1.29, 1.82) is 0 Å². The molecule has 0 saturated carbocycles. The second-order valence-electron chi connectivity index (χ2n) is 4.72. The molecule has 3 heteroatoms. The van der Waals surface area contributed by atoms with Crippen LogP contribution in [0.5, 0.6) is 5.75 Å². The highest BCUT2D eigenvalue weighted by Gasteiger charge is 2.10. The smallest absolute Gasteiger partial charge is 0.147 e. The molecular weight excluding hydrogens is 214 g/mol. The molecular formula is C14H23NO2. The first-order chi connectivity index (χ1) is 7.93. The molecule has 1 aromatic rings. The van der Waals surface area contributed by atoms with E-state index in [-0.39, 0.29) is 18.9 Å². The Hall–Kier alpha value is -1.06. The Balaban J connectivity index is 2.74. The molecule has 17 heavy (non-hydrogen) atoms. The molecule has 0 aliphatic carbocycles. The number of rotatable bonds is 5. The Morgan fingerprint density at radius 3 is 2.47 bits per heavy atom. The molecule has 2 unspecified atom stereocenters. The first-order valence-corrected chi connectivity index (χ1v) is 6.05. The van der Waals surface area contributed by atoms with Crippen molar-refractivity contribution in [3.05, 3.63) is 28.8 Å². The van der Waals surface area contributed by atoms with Crippen LogP contribution in [0.2, 0.25) is 0 Å². The lowest BCUT2D eigenvalue weighted by molar-refractivity contribution is 0.143. The van der Waals surface area contributed by atoms with Gasteiger partial charge < -0.3 is 9.84 Å². The van der Waals surface area contributed by atoms with E-state index in [1.54, 1.807) is 0 Å². The van der Waals surface area contributed by atoms with Gasteiger partial charge in [0.1, 0.15) is 12.0 Å². The van der Waals surface area contributed by atoms with Gasteiger partial charge in [-0.1, -0.05) is 6.07 Å². The van der Waals surface area contributed by atoms with E-state index in [2.05, 4.69) is 32.2 Å². The van der Waals surface area contributed by atoms with Gasteiger partial charge in [0.2, 0.25) is 0 Å². The third-order valence-corrected chi connectivity index (χ3v) is 2.86. The van der Waals surface area contributed by atoms with Crippen LogP contribution >= 0.6 is 0 Å². The molecule has 0 aliphatic rings. The molecule has 1 aromatic carbocycles. The molecule has 2 N–H and O–H groups in total. The maximum atomic E-state index is 8.97. The molecule has 0 amide bonds. The Morgan fingerprint density at radius 1 is 1.24 bits per heavy atom. The van der Waals surface area contributed by atoms with Gasteiger partial charge in [0.05, 0.1) is 6.61 Å². The second kappa shape index (κ2) is 6.03. The van der Waals surface area contributed by atoms with Crippen LogP contribution in [0.1, 0.15) is 30.5 Å². The van der Waals surface area contributed by atoms with Gasteiger partial charge in [-0.05, 0) is 57.4 Å². The largest absolute Gasteiger partial charge is 0.475 e. The number of aliphatic hydroxyl groups is 1. The molecule has 2 atom stereocenters. The van der Waals surface area contributed by atoms with Gasteiger partial charge in [-0.15, -0.1) is 0 Å². The second-order valence-corrected chi connectivity index (χ2v) is 4.72. The van der Waals surface area contributed by atoms with E-state index in [0.717, 1.165) is 5.75 Å². The minimum Gasteiger partial charge on any atom is -0.475 e. The highest BCUT2D eigenvalue weighted by Crippen LogP contribution is 2.23. The van der Waals surface area contributed by atoms with Crippen LogP contribution in [0.3, 0.4) is 0 Å². The summed E-state index contributed by atoms with van der Waals surface area (Å²) in [6.45, 7) is 10.2. The molecule has 1 rings (SSSR count). The van der Waals surface area contributed by atoms with Crippen LogP contribution in [-0.4, -0.2) is 24.0 Å². The first kappa shape index (κ1) is 14.0. The summed E-state index contributed by atoms with van der Waals surface area (Å²) in [5.41, 5.74) is 3.61. The molecule has 0 fully saturated rings. The normalized spacial score (nSPS) is 14.5. The molecule has 0 radical (unpaired) electrons. The predicted molar refractivity (Wildman–Crippen MR) is 70.4 cm³/mol. The minimum absolute atomic E-state index is 0.0382. The van der Waals surface area contributed by atoms with Crippen molar-refractivity contribution in [2.75, 3.05) is 6.61 Å². The molecule has 0 bridgehead atoms. The van der Waals surface area contributed by atoms with Gasteiger partial charge in [0.15, 0.2) is 0 Å². The van der Waals surface area contributed by atoms with Crippen LogP contribution in [0.15, 0.2) is 12.1 Å². The van der Waals surface area contributed by atoms with Crippen molar-refractivity contribution in [2.45, 2.75) is 46.9 Å². The third-order valence-electron chi connectivity index (χ3n) is 2.86. The molecule has 0 saturated heterocycles. The monoisotopic (exact) mass is 237 g/mol. The van der Waals surface area contributed by atoms with E-state index in [9.17, 15) is 0 Å². The molecule has 0 aliphatic heterocycles. The van der Waals surface area contributed by atoms with E-state index in [0.29, 0.717) is 0 Å². The summed E-state index contributed by atoms with van der Waals surface area (Å²) in [7, 11) is 0. The Labute approximate surface area is 104 Å². The van der Waals surface area contributed by atoms with Crippen LogP contribution < -0.4 is 10.1 Å². The Morgan fingerprint density at radius 2 is 1.88 bits per heavy atom. The van der Waals surface area contributed by atoms with Crippen LogP contribution in [0.4, 0.5) is 0 Å². The lowest BCUT2D eigenvalue weighted by Crippen LogP contribution is -2.40. The van der Waals surface area contributed by atoms with Gasteiger partial charge in [0, 0.05) is 6.04 Å². The summed E-state index contributed by atoms with van der Waals surface area (Å²) >= 11 is 0. The SMILES string of the molecule is Cc1cc(C)c(C)c(OC(C)NC(C)CO)c1. The van der Waals surface area contributed by atoms with Crippen molar-refractivity contribution < 1.29 is 9.84 Å². The highest BCUT2D eigenvalue weighted by molar-refractivity contribution is 5.42. The van der Waals surface area contributed by atoms with Gasteiger partial charge in [0.25, 0.3) is 0 Å². The van der Waals surface area contributed by atoms with Gasteiger partial charge in [-0.25, -0.2) is 0 Å². The summed E-state index contributed by atoms with van der Waals surface area (Å²) in [6.07, 6.45) is -0.114. The van der Waals surface area contributed by atoms with E-state index in [4.69, 9.17) is 9.84 Å². The van der Waals surface area contributed by atoms with Crippen LogP contribution in [0.25, 0.3) is 0 Å². The summed E-state index contributed by atoms with van der Waals surface area (Å²) in [4.78, 5) is 0. The zero-order valence-corrected chi connectivity index (χ0v) is 11.4. The fourth-order valence-corrected chi connectivity index (χ4v) is 1.80. The summed E-state index contributed by atoms with van der Waals surface area (Å²) < 4.78 is 5.86. The van der Waals surface area contributed by atoms with Gasteiger partial charge in [-0.2, -0.15) is 0 Å². The van der Waals surface area contributed by atoms with Crippen LogP contribution in [-0.2, 0) is 0 Å². The maximum absolute atomic E-state index is 8.97. The summed E-state index contributed by atoms with van der Waals surface area (Å²) in [5.74, 6) is 0.910. The number of benzene rings is 1. The first-order valence-electron chi connectivity index (χ1n) is 6.05. The van der Waals surface area contributed by atoms with Gasteiger partial charge >= 0.3 is 0 Å². The molecule has 0 heterocycles. The average Bonchev–Trinajstić information content (AvgIpc) is 2.24. The zero-order chi connectivity index (χ0) is 13.0. The lowest BCUT2D eigenvalue weighted by Gasteiger charge is -2.21. The Bertz CT molecular complexity index is 377. The standard InChI is InChI=1S/C14H23NO2/c1-9-6-10(2)12(4)14(7-9)17-13(5)15-11(3)8-16/h6-7,11,13,15-16H,8H2,1-5H3. The third kappa shape index (κ3) is 4.02. The topological polar surface area (TPSA) is 41.5 Å². The van der Waals surface area contributed by atoms with Crippen molar-refractivity contribution in [1.82, 2.24) is 5.32 Å². The Kier molecular flexibility index (Phi) is 4.97. The van der Waals surface area contributed by atoms with E-state index in [1.165, 1.54) is 16.7 Å². The predicted octanol–water partition coefficient (Wildman–Crippen LogP) is 2.31. The van der Waals surface area contributed by atoms with E-state index in [1.807, 2.05) is 19.9 Å². The number of aliphatic hydroxyl groups excluding tert-OH is 1. The number of ether oxygens (including phenoxy) is 1. The number of hydrogen-bond acceptors (Lipinski definition) is 3. The van der Waals surface area contributed by atoms with Crippen molar-refractivity contribution >= 4 is 0 Å². The highest BCUT2D eigenvalue weighted by atomic mass is 16.5. The maximum Gasteiger partial charge on any atom is 0.147 e. The number of nitrogens with one attached hydrogen (secondary N) is 1. The number of hydrogen-bond donors (Lipinski definition) is 2. The summed E-state index contributed by atoms with van der Waals surface area (Å²) in [6, 6.07) is 4.23. The summed E-state index contributed by atoms with van der Waals surface area (Å²) in [5, 5.41) is 12.1. The van der Waals surface area contributed by atoms with Crippen molar-refractivity contribution in [2.24, 2.45) is 0 Å².